The first-order chi connectivity index (χ1) is 14.4. The van der Waals surface area contributed by atoms with Crippen molar-refractivity contribution in [3.05, 3.63) is 57.2 Å². The Morgan fingerprint density at radius 3 is 2.93 bits per heavy atom. The summed E-state index contributed by atoms with van der Waals surface area (Å²) in [6.07, 6.45) is 4.60. The van der Waals surface area contributed by atoms with Crippen molar-refractivity contribution in [2.45, 2.75) is 37.9 Å². The topological polar surface area (TPSA) is 92.4 Å². The number of carbonyl (C=O) groups excluding carboxylic acids is 1. The molecule has 3 aromatic rings. The quantitative estimate of drug-likeness (QED) is 0.196. The zero-order valence-electron chi connectivity index (χ0n) is 16.6. The molecule has 1 aromatic carbocycles. The van der Waals surface area contributed by atoms with Crippen LogP contribution in [0.5, 0.6) is 11.5 Å². The van der Waals surface area contributed by atoms with E-state index < -0.39 is 0 Å². The summed E-state index contributed by atoms with van der Waals surface area (Å²) in [4.78, 5) is 32.5. The highest BCUT2D eigenvalue weighted by atomic mass is 32.2. The summed E-state index contributed by atoms with van der Waals surface area (Å²) in [5.74, 6) is -0.181. The molecule has 2 heterocycles. The highest BCUT2D eigenvalue weighted by molar-refractivity contribution is 7.99. The molecule has 2 aromatic heterocycles. The van der Waals surface area contributed by atoms with Crippen LogP contribution in [0.25, 0.3) is 10.2 Å². The highest BCUT2D eigenvalue weighted by Crippen LogP contribution is 2.36. The summed E-state index contributed by atoms with van der Waals surface area (Å²) in [5.41, 5.74) is 1.34. The largest absolute Gasteiger partial charge is 0.504 e. The molecule has 4 rings (SSSR count). The Balaban J connectivity index is 1.68. The molecule has 1 atom stereocenters. The molecule has 1 aliphatic rings. The van der Waals surface area contributed by atoms with Gasteiger partial charge in [-0.15, -0.1) is 17.9 Å². The van der Waals surface area contributed by atoms with E-state index in [0.717, 1.165) is 29.7 Å². The Morgan fingerprint density at radius 1 is 1.40 bits per heavy atom. The van der Waals surface area contributed by atoms with Gasteiger partial charge in [-0.1, -0.05) is 24.8 Å². The summed E-state index contributed by atoms with van der Waals surface area (Å²) in [5, 5.41) is 20.2. The van der Waals surface area contributed by atoms with E-state index in [9.17, 15) is 19.8 Å². The lowest BCUT2D eigenvalue weighted by molar-refractivity contribution is 0.102. The first-order valence-electron chi connectivity index (χ1n) is 9.73. The number of hydrogen-bond acceptors (Lipinski definition) is 7. The van der Waals surface area contributed by atoms with E-state index >= 15 is 0 Å². The summed E-state index contributed by atoms with van der Waals surface area (Å²) < 4.78 is 1.58. The summed E-state index contributed by atoms with van der Waals surface area (Å²) in [6.45, 7) is 6.30. The Kier molecular flexibility index (Phi) is 5.71. The van der Waals surface area contributed by atoms with Gasteiger partial charge in [0.1, 0.15) is 4.83 Å². The smallest absolute Gasteiger partial charge is 0.263 e. The molecule has 8 heteroatoms. The van der Waals surface area contributed by atoms with E-state index in [0.29, 0.717) is 23.0 Å². The highest BCUT2D eigenvalue weighted by Gasteiger charge is 2.24. The monoisotopic (exact) mass is 442 g/mol. The van der Waals surface area contributed by atoms with Crippen molar-refractivity contribution in [2.24, 2.45) is 5.92 Å². The maximum absolute atomic E-state index is 13.3. The molecular formula is C22H22N2O4S2. The van der Waals surface area contributed by atoms with Crippen molar-refractivity contribution in [3.63, 3.8) is 0 Å². The fourth-order valence-corrected chi connectivity index (χ4v) is 6.04. The molecule has 0 unspecified atom stereocenters. The van der Waals surface area contributed by atoms with Crippen LogP contribution in [0.3, 0.4) is 0 Å². The number of fused-ring (bicyclic) bond motifs is 3. The van der Waals surface area contributed by atoms with E-state index in [1.165, 1.54) is 34.8 Å². The number of aromatic nitrogens is 2. The molecule has 1 aliphatic carbocycles. The van der Waals surface area contributed by atoms with Gasteiger partial charge in [-0.25, -0.2) is 4.98 Å². The molecule has 0 amide bonds. The minimum absolute atomic E-state index is 0.0570. The van der Waals surface area contributed by atoms with Crippen LogP contribution in [0.1, 0.15) is 34.1 Å². The maximum atomic E-state index is 13.3. The van der Waals surface area contributed by atoms with Gasteiger partial charge < -0.3 is 10.2 Å². The predicted molar refractivity (Wildman–Crippen MR) is 120 cm³/mol. The van der Waals surface area contributed by atoms with Crippen molar-refractivity contribution in [1.29, 1.82) is 0 Å². The molecule has 30 heavy (non-hydrogen) atoms. The average molecular weight is 443 g/mol. The number of thioether (sulfide) groups is 1. The van der Waals surface area contributed by atoms with Gasteiger partial charge in [-0.2, -0.15) is 0 Å². The van der Waals surface area contributed by atoms with Gasteiger partial charge in [0.2, 0.25) is 0 Å². The second-order valence-corrected chi connectivity index (χ2v) is 9.57. The number of ketones is 1. The second-order valence-electron chi connectivity index (χ2n) is 7.55. The Hall–Kier alpha value is -2.58. The van der Waals surface area contributed by atoms with E-state index in [4.69, 9.17) is 4.98 Å². The van der Waals surface area contributed by atoms with Crippen molar-refractivity contribution in [1.82, 2.24) is 9.55 Å². The number of carbonyl (C=O) groups is 1. The standard InChI is InChI=1S/C22H22N2O4S2/c1-3-8-24-21(28)19-14-6-4-12(2)9-18(14)30-20(19)23-22(24)29-11-17(27)13-5-7-15(25)16(26)10-13/h3,5,7,10,12,25-26H,1,4,6,8-9,11H2,2H3/t12-/m0/s1. The first kappa shape index (κ1) is 20.7. The van der Waals surface area contributed by atoms with Crippen molar-refractivity contribution < 1.29 is 15.0 Å². The lowest BCUT2D eigenvalue weighted by Crippen LogP contribution is -2.24. The van der Waals surface area contributed by atoms with Crippen molar-refractivity contribution >= 4 is 39.1 Å². The zero-order chi connectivity index (χ0) is 21.4. The van der Waals surface area contributed by atoms with Crippen LogP contribution in [0, 0.1) is 5.92 Å². The number of aryl methyl sites for hydroxylation is 1. The van der Waals surface area contributed by atoms with Crippen LogP contribution in [-0.2, 0) is 19.4 Å². The SMILES string of the molecule is C=CCn1c(SCC(=O)c2ccc(O)c(O)c2)nc2sc3c(c2c1=O)CC[C@H](C)C3. The lowest BCUT2D eigenvalue weighted by atomic mass is 9.89. The van der Waals surface area contributed by atoms with E-state index in [1.54, 1.807) is 22.0 Å². The number of Topliss-reactive ketones (excluding diaryl/α,β-unsaturated/α-hetero) is 1. The number of rotatable bonds is 6. The lowest BCUT2D eigenvalue weighted by Gasteiger charge is -2.17. The summed E-state index contributed by atoms with van der Waals surface area (Å²) in [7, 11) is 0. The van der Waals surface area contributed by atoms with Crippen molar-refractivity contribution in [2.75, 3.05) is 5.75 Å². The molecule has 2 N–H and O–H groups in total. The predicted octanol–water partition coefficient (Wildman–Crippen LogP) is 4.16. The van der Waals surface area contributed by atoms with Crippen LogP contribution in [-0.4, -0.2) is 31.3 Å². The van der Waals surface area contributed by atoms with Gasteiger partial charge in [0, 0.05) is 17.0 Å². The number of hydrogen-bond donors (Lipinski definition) is 2. The molecule has 0 saturated heterocycles. The Bertz CT molecular complexity index is 1210. The molecule has 0 bridgehead atoms. The molecular weight excluding hydrogens is 420 g/mol. The average Bonchev–Trinajstić information content (AvgIpc) is 3.08. The number of benzene rings is 1. The fraction of sp³-hybridized carbons (Fsp3) is 0.318. The van der Waals surface area contributed by atoms with Crippen LogP contribution in [0.15, 0.2) is 40.8 Å². The number of phenolic OH excluding ortho intramolecular Hbond substituents is 2. The van der Waals surface area contributed by atoms with Gasteiger partial charge >= 0.3 is 0 Å². The van der Waals surface area contributed by atoms with Gasteiger partial charge in [-0.05, 0) is 48.9 Å². The van der Waals surface area contributed by atoms with E-state index in [1.807, 2.05) is 0 Å². The van der Waals surface area contributed by atoms with Crippen LogP contribution in [0.4, 0.5) is 0 Å². The number of thiophene rings is 1. The molecule has 0 aliphatic heterocycles. The first-order valence-corrected chi connectivity index (χ1v) is 11.5. The molecule has 156 valence electrons. The Morgan fingerprint density at radius 2 is 2.20 bits per heavy atom. The normalized spacial score (nSPS) is 15.8. The van der Waals surface area contributed by atoms with Gasteiger partial charge in [-0.3, -0.25) is 14.2 Å². The molecule has 0 radical (unpaired) electrons. The molecule has 6 nitrogen and oxygen atoms in total. The number of phenols is 2. The van der Waals surface area contributed by atoms with E-state index in [2.05, 4.69) is 13.5 Å². The third-order valence-electron chi connectivity index (χ3n) is 5.32. The van der Waals surface area contributed by atoms with E-state index in [-0.39, 0.29) is 34.2 Å². The zero-order valence-corrected chi connectivity index (χ0v) is 18.2. The third-order valence-corrected chi connectivity index (χ3v) is 7.45. The van der Waals surface area contributed by atoms with Gasteiger partial charge in [0.25, 0.3) is 5.56 Å². The third kappa shape index (κ3) is 3.77. The van der Waals surface area contributed by atoms with Gasteiger partial charge in [0.15, 0.2) is 22.4 Å². The minimum atomic E-state index is -0.340. The Labute approximate surface area is 181 Å². The minimum Gasteiger partial charge on any atom is -0.504 e. The number of allylic oxidation sites excluding steroid dienone is 1. The number of nitrogens with zero attached hydrogens (tertiary/aromatic N) is 2. The molecule has 0 fully saturated rings. The summed E-state index contributed by atoms with van der Waals surface area (Å²) in [6, 6.07) is 3.97. The molecule has 0 spiro atoms. The fourth-order valence-electron chi connectivity index (χ4n) is 3.72. The second kappa shape index (κ2) is 8.28. The maximum Gasteiger partial charge on any atom is 0.263 e. The molecule has 0 saturated carbocycles. The van der Waals surface area contributed by atoms with Gasteiger partial charge in [0.05, 0.1) is 11.1 Å². The van der Waals surface area contributed by atoms with Crippen LogP contribution < -0.4 is 5.56 Å². The van der Waals surface area contributed by atoms with Crippen LogP contribution in [0.2, 0.25) is 0 Å². The van der Waals surface area contributed by atoms with Crippen LogP contribution >= 0.6 is 23.1 Å². The number of aromatic hydroxyl groups is 2. The van der Waals surface area contributed by atoms with Crippen molar-refractivity contribution in [3.8, 4) is 11.5 Å². The summed E-state index contributed by atoms with van der Waals surface area (Å²) >= 11 is 2.78.